The Morgan fingerprint density at radius 3 is 2.93 bits per heavy atom. The van der Waals surface area contributed by atoms with E-state index in [1.165, 1.54) is 16.7 Å². The van der Waals surface area contributed by atoms with Gasteiger partial charge in [-0.1, -0.05) is 36.1 Å². The maximum atomic E-state index is 13.4. The van der Waals surface area contributed by atoms with Crippen molar-refractivity contribution in [3.8, 4) is 0 Å². The highest BCUT2D eigenvalue weighted by Crippen LogP contribution is 2.36. The molecule has 8 heteroatoms. The van der Waals surface area contributed by atoms with Crippen LogP contribution in [0.2, 0.25) is 0 Å². The number of piperidine rings is 1. The molecule has 2 aromatic heterocycles. The molecule has 2 amide bonds. The molecule has 0 N–H and O–H groups in total. The number of carbonyl (C=O) groups excluding carboxylic acids is 2. The van der Waals surface area contributed by atoms with Gasteiger partial charge in [0.25, 0.3) is 5.91 Å². The second kappa shape index (κ2) is 8.77. The Labute approximate surface area is 183 Å². The lowest BCUT2D eigenvalue weighted by atomic mass is 9.95. The summed E-state index contributed by atoms with van der Waals surface area (Å²) in [6.07, 6.45) is 8.35. The average Bonchev–Trinajstić information content (AvgIpc) is 3.35. The lowest BCUT2D eigenvalue weighted by molar-refractivity contribution is -0.142. The van der Waals surface area contributed by atoms with E-state index in [9.17, 15) is 9.59 Å². The first-order valence-corrected chi connectivity index (χ1v) is 11.7. The van der Waals surface area contributed by atoms with Crippen molar-refractivity contribution < 1.29 is 9.59 Å². The molecule has 0 aromatic carbocycles. The molecule has 29 heavy (non-hydrogen) atoms. The van der Waals surface area contributed by atoms with Crippen molar-refractivity contribution in [3.05, 3.63) is 57.4 Å². The summed E-state index contributed by atoms with van der Waals surface area (Å²) in [7, 11) is 0. The Balaban J connectivity index is 1.55. The van der Waals surface area contributed by atoms with E-state index in [0.717, 1.165) is 29.7 Å². The molecule has 2 aliphatic rings. The molecule has 0 spiro atoms. The number of thiophene rings is 1. The van der Waals surface area contributed by atoms with Crippen LogP contribution in [-0.4, -0.2) is 43.5 Å². The van der Waals surface area contributed by atoms with Gasteiger partial charge in [-0.05, 0) is 55.3 Å². The standard InChI is InChI=1S/C21H21N3O2S3/c1-14(24-20(26)18(29-21(24)27)12-16-7-5-11-28-16)19(25)23-10-3-2-8-17(23)15-6-4-9-22-13-15/h4-7,9,11-14,17H,2-3,8,10H2,1H3/b18-12-/t14-,17-/m1/s1. The van der Waals surface area contributed by atoms with Crippen LogP contribution in [0, 0.1) is 0 Å². The molecule has 5 nitrogen and oxygen atoms in total. The molecule has 4 rings (SSSR count). The zero-order valence-corrected chi connectivity index (χ0v) is 18.4. The SMILES string of the molecule is C[C@H](C(=O)N1CCCC[C@@H]1c1cccnc1)N1C(=O)/C(=C/c2cccs2)SC1=S. The zero-order chi connectivity index (χ0) is 20.4. The highest BCUT2D eigenvalue weighted by atomic mass is 32.2. The maximum Gasteiger partial charge on any atom is 0.266 e. The van der Waals surface area contributed by atoms with Gasteiger partial charge in [-0.15, -0.1) is 11.3 Å². The van der Waals surface area contributed by atoms with Crippen molar-refractivity contribution in [2.24, 2.45) is 0 Å². The van der Waals surface area contributed by atoms with Gasteiger partial charge in [-0.2, -0.15) is 0 Å². The highest BCUT2D eigenvalue weighted by Gasteiger charge is 2.41. The minimum absolute atomic E-state index is 0.00698. The zero-order valence-electron chi connectivity index (χ0n) is 16.0. The van der Waals surface area contributed by atoms with Gasteiger partial charge < -0.3 is 4.90 Å². The Bertz CT molecular complexity index is 943. The number of pyridine rings is 1. The summed E-state index contributed by atoms with van der Waals surface area (Å²) in [5, 5.41) is 1.97. The van der Waals surface area contributed by atoms with E-state index in [1.54, 1.807) is 24.5 Å². The predicted molar refractivity (Wildman–Crippen MR) is 121 cm³/mol. The number of nitrogens with zero attached hydrogens (tertiary/aromatic N) is 3. The van der Waals surface area contributed by atoms with E-state index in [-0.39, 0.29) is 17.9 Å². The van der Waals surface area contributed by atoms with Crippen LogP contribution in [0.25, 0.3) is 6.08 Å². The molecule has 2 saturated heterocycles. The number of carbonyl (C=O) groups is 2. The fourth-order valence-corrected chi connectivity index (χ4v) is 5.92. The van der Waals surface area contributed by atoms with E-state index in [2.05, 4.69) is 4.98 Å². The molecule has 0 radical (unpaired) electrons. The van der Waals surface area contributed by atoms with Crippen LogP contribution in [0.3, 0.4) is 0 Å². The molecule has 2 fully saturated rings. The monoisotopic (exact) mass is 443 g/mol. The van der Waals surface area contributed by atoms with Crippen LogP contribution in [-0.2, 0) is 9.59 Å². The van der Waals surface area contributed by atoms with E-state index in [0.29, 0.717) is 15.8 Å². The van der Waals surface area contributed by atoms with Crippen LogP contribution in [0.15, 0.2) is 46.9 Å². The van der Waals surface area contributed by atoms with Crippen LogP contribution in [0.5, 0.6) is 0 Å². The molecule has 4 heterocycles. The number of rotatable bonds is 4. The molecule has 0 bridgehead atoms. The van der Waals surface area contributed by atoms with Gasteiger partial charge in [0, 0.05) is 23.8 Å². The summed E-state index contributed by atoms with van der Waals surface area (Å²) in [5.74, 6) is -0.253. The number of thiocarbonyl (C=S) groups is 1. The van der Waals surface area contributed by atoms with Crippen LogP contribution < -0.4 is 0 Å². The molecule has 0 aliphatic carbocycles. The summed E-state index contributed by atoms with van der Waals surface area (Å²) in [6, 6.07) is 7.17. The Morgan fingerprint density at radius 2 is 2.21 bits per heavy atom. The quantitative estimate of drug-likeness (QED) is 0.515. The molecular formula is C21H21N3O2S3. The second-order valence-electron chi connectivity index (χ2n) is 7.07. The van der Waals surface area contributed by atoms with E-state index in [4.69, 9.17) is 12.2 Å². The Morgan fingerprint density at radius 1 is 1.34 bits per heavy atom. The molecule has 2 atom stereocenters. The van der Waals surface area contributed by atoms with Gasteiger partial charge >= 0.3 is 0 Å². The lowest BCUT2D eigenvalue weighted by Crippen LogP contribution is -2.51. The molecule has 2 aliphatic heterocycles. The van der Waals surface area contributed by atoms with Crippen molar-refractivity contribution in [1.82, 2.24) is 14.8 Å². The van der Waals surface area contributed by atoms with Gasteiger partial charge in [-0.3, -0.25) is 19.5 Å². The van der Waals surface area contributed by atoms with E-state index < -0.39 is 6.04 Å². The molecule has 0 saturated carbocycles. The number of aromatic nitrogens is 1. The van der Waals surface area contributed by atoms with Crippen molar-refractivity contribution >= 4 is 57.5 Å². The Hall–Kier alpha value is -2.03. The third-order valence-corrected chi connectivity index (χ3v) is 7.39. The smallest absolute Gasteiger partial charge is 0.266 e. The molecular weight excluding hydrogens is 422 g/mol. The number of hydrogen-bond acceptors (Lipinski definition) is 6. The van der Waals surface area contributed by atoms with Crippen molar-refractivity contribution in [2.75, 3.05) is 6.54 Å². The first-order valence-electron chi connectivity index (χ1n) is 9.57. The van der Waals surface area contributed by atoms with Gasteiger partial charge in [-0.25, -0.2) is 0 Å². The second-order valence-corrected chi connectivity index (χ2v) is 9.73. The summed E-state index contributed by atoms with van der Waals surface area (Å²) in [6.45, 7) is 2.46. The lowest BCUT2D eigenvalue weighted by Gasteiger charge is -2.38. The van der Waals surface area contributed by atoms with Gasteiger partial charge in [0.15, 0.2) is 0 Å². The number of amides is 2. The fourth-order valence-electron chi connectivity index (χ4n) is 3.78. The Kier molecular flexibility index (Phi) is 6.12. The summed E-state index contributed by atoms with van der Waals surface area (Å²) in [4.78, 5) is 35.5. The minimum Gasteiger partial charge on any atom is -0.334 e. The largest absolute Gasteiger partial charge is 0.334 e. The van der Waals surface area contributed by atoms with E-state index >= 15 is 0 Å². The first-order chi connectivity index (χ1) is 14.1. The van der Waals surface area contributed by atoms with E-state index in [1.807, 2.05) is 46.8 Å². The third kappa shape index (κ3) is 4.15. The summed E-state index contributed by atoms with van der Waals surface area (Å²) in [5.41, 5.74) is 1.04. The summed E-state index contributed by atoms with van der Waals surface area (Å²) >= 11 is 8.29. The normalized spacial score (nSPS) is 22.4. The van der Waals surface area contributed by atoms with Gasteiger partial charge in [0.2, 0.25) is 5.91 Å². The van der Waals surface area contributed by atoms with Crippen LogP contribution >= 0.6 is 35.3 Å². The minimum atomic E-state index is -0.631. The average molecular weight is 444 g/mol. The summed E-state index contributed by atoms with van der Waals surface area (Å²) < 4.78 is 0.439. The third-order valence-electron chi connectivity index (χ3n) is 5.24. The maximum absolute atomic E-state index is 13.4. The highest BCUT2D eigenvalue weighted by molar-refractivity contribution is 8.26. The van der Waals surface area contributed by atoms with Crippen molar-refractivity contribution in [2.45, 2.75) is 38.3 Å². The first kappa shape index (κ1) is 20.3. The molecule has 0 unspecified atom stereocenters. The van der Waals surface area contributed by atoms with Crippen molar-refractivity contribution in [3.63, 3.8) is 0 Å². The van der Waals surface area contributed by atoms with Crippen LogP contribution in [0.4, 0.5) is 0 Å². The van der Waals surface area contributed by atoms with Gasteiger partial charge in [0.1, 0.15) is 10.4 Å². The van der Waals surface area contributed by atoms with Crippen LogP contribution in [0.1, 0.15) is 42.7 Å². The molecule has 150 valence electrons. The van der Waals surface area contributed by atoms with Crippen molar-refractivity contribution in [1.29, 1.82) is 0 Å². The number of likely N-dealkylation sites (tertiary alicyclic amines) is 1. The fraction of sp³-hybridized carbons (Fsp3) is 0.333. The number of hydrogen-bond donors (Lipinski definition) is 0. The topological polar surface area (TPSA) is 53.5 Å². The number of thioether (sulfide) groups is 1. The molecule has 2 aromatic rings. The van der Waals surface area contributed by atoms with Gasteiger partial charge in [0.05, 0.1) is 10.9 Å². The predicted octanol–water partition coefficient (Wildman–Crippen LogP) is 4.49.